The van der Waals surface area contributed by atoms with Crippen LogP contribution in [-0.4, -0.2) is 18.5 Å². The van der Waals surface area contributed by atoms with Crippen LogP contribution in [0.2, 0.25) is 0 Å². The van der Waals surface area contributed by atoms with E-state index < -0.39 is 5.92 Å². The molecule has 166 valence electrons. The molecule has 1 atom stereocenters. The number of aromatic nitrogens is 1. The number of hydrogen-bond donors (Lipinski definition) is 1. The van der Waals surface area contributed by atoms with Gasteiger partial charge in [0, 0.05) is 11.8 Å². The van der Waals surface area contributed by atoms with Crippen LogP contribution in [0.15, 0.2) is 64.8 Å². The molecular formula is C25H21N3O5. The standard InChI is InChI=1S/C25H21N3O5/c1-14-9-21-23(25(29)28(14)12-15-3-8-19-20(10-15)32-13-31-19)22(18(11-26)24(27)33-21)16-4-6-17(30-2)7-5-16/h3-10,22H,12-13,27H2,1-2H3/t22-/m0/s1. The molecule has 0 fully saturated rings. The summed E-state index contributed by atoms with van der Waals surface area (Å²) in [6.07, 6.45) is 0. The molecule has 8 heteroatoms. The van der Waals surface area contributed by atoms with Crippen LogP contribution in [0.3, 0.4) is 0 Å². The second-order valence-corrected chi connectivity index (χ2v) is 7.84. The van der Waals surface area contributed by atoms with Gasteiger partial charge in [-0.25, -0.2) is 0 Å². The van der Waals surface area contributed by atoms with Gasteiger partial charge in [0.15, 0.2) is 11.5 Å². The lowest BCUT2D eigenvalue weighted by atomic mass is 9.84. The fourth-order valence-corrected chi connectivity index (χ4v) is 4.23. The molecule has 5 rings (SSSR count). The fourth-order valence-electron chi connectivity index (χ4n) is 4.23. The molecule has 2 N–H and O–H groups in total. The minimum atomic E-state index is -0.652. The second-order valence-electron chi connectivity index (χ2n) is 7.84. The highest BCUT2D eigenvalue weighted by molar-refractivity contribution is 5.56. The first-order valence-electron chi connectivity index (χ1n) is 10.3. The minimum absolute atomic E-state index is 0.00172. The average molecular weight is 443 g/mol. The highest BCUT2D eigenvalue weighted by atomic mass is 16.7. The Morgan fingerprint density at radius 1 is 1.12 bits per heavy atom. The number of pyridine rings is 1. The van der Waals surface area contributed by atoms with Crippen molar-refractivity contribution in [1.29, 1.82) is 5.26 Å². The number of rotatable bonds is 4. The van der Waals surface area contributed by atoms with E-state index >= 15 is 0 Å². The van der Waals surface area contributed by atoms with Gasteiger partial charge in [-0.15, -0.1) is 0 Å². The summed E-state index contributed by atoms with van der Waals surface area (Å²) in [5.41, 5.74) is 8.74. The number of ether oxygens (including phenoxy) is 4. The molecule has 2 aliphatic heterocycles. The fraction of sp³-hybridized carbons (Fsp3) is 0.200. The summed E-state index contributed by atoms with van der Waals surface area (Å²) in [5, 5.41) is 9.83. The van der Waals surface area contributed by atoms with Gasteiger partial charge in [-0.05, 0) is 42.3 Å². The molecule has 0 radical (unpaired) electrons. The average Bonchev–Trinajstić information content (AvgIpc) is 3.29. The molecule has 2 aromatic carbocycles. The van der Waals surface area contributed by atoms with Gasteiger partial charge in [0.05, 0.1) is 25.1 Å². The van der Waals surface area contributed by atoms with E-state index in [0.717, 1.165) is 11.1 Å². The van der Waals surface area contributed by atoms with Gasteiger partial charge in [0.25, 0.3) is 5.56 Å². The monoisotopic (exact) mass is 443 g/mol. The Kier molecular flexibility index (Phi) is 4.94. The number of benzene rings is 2. The Bertz CT molecular complexity index is 1380. The predicted molar refractivity (Wildman–Crippen MR) is 119 cm³/mol. The molecular weight excluding hydrogens is 422 g/mol. The number of methoxy groups -OCH3 is 1. The summed E-state index contributed by atoms with van der Waals surface area (Å²) in [5.74, 6) is 1.71. The topological polar surface area (TPSA) is 109 Å². The molecule has 0 spiro atoms. The van der Waals surface area contributed by atoms with Crippen molar-refractivity contribution < 1.29 is 18.9 Å². The molecule has 0 saturated heterocycles. The Morgan fingerprint density at radius 3 is 2.61 bits per heavy atom. The van der Waals surface area contributed by atoms with Gasteiger partial charge in [-0.2, -0.15) is 5.26 Å². The van der Waals surface area contributed by atoms with Crippen molar-refractivity contribution in [2.45, 2.75) is 19.4 Å². The Labute approximate surface area is 190 Å². The van der Waals surface area contributed by atoms with Crippen molar-refractivity contribution in [1.82, 2.24) is 4.57 Å². The maximum Gasteiger partial charge on any atom is 0.259 e. The zero-order valence-electron chi connectivity index (χ0n) is 18.1. The number of nitrogens with two attached hydrogens (primary N) is 1. The van der Waals surface area contributed by atoms with E-state index in [4.69, 9.17) is 24.7 Å². The molecule has 0 bridgehead atoms. The van der Waals surface area contributed by atoms with E-state index in [2.05, 4.69) is 6.07 Å². The first-order chi connectivity index (χ1) is 16.0. The quantitative estimate of drug-likeness (QED) is 0.660. The molecule has 3 heterocycles. The van der Waals surface area contributed by atoms with Gasteiger partial charge >= 0.3 is 0 Å². The minimum Gasteiger partial charge on any atom is -0.497 e. The van der Waals surface area contributed by atoms with Crippen LogP contribution in [0.5, 0.6) is 23.0 Å². The molecule has 0 amide bonds. The van der Waals surface area contributed by atoms with Crippen molar-refractivity contribution in [3.63, 3.8) is 0 Å². The smallest absolute Gasteiger partial charge is 0.259 e. The van der Waals surface area contributed by atoms with Crippen LogP contribution >= 0.6 is 0 Å². The molecule has 0 aliphatic carbocycles. The lowest BCUT2D eigenvalue weighted by Gasteiger charge is -2.27. The van der Waals surface area contributed by atoms with Gasteiger partial charge in [-0.3, -0.25) is 4.79 Å². The van der Waals surface area contributed by atoms with Crippen LogP contribution in [0.25, 0.3) is 0 Å². The van der Waals surface area contributed by atoms with Crippen molar-refractivity contribution in [2.24, 2.45) is 5.73 Å². The van der Waals surface area contributed by atoms with Crippen LogP contribution in [0.4, 0.5) is 0 Å². The molecule has 1 aromatic heterocycles. The molecule has 2 aliphatic rings. The number of nitriles is 1. The molecule has 0 unspecified atom stereocenters. The number of allylic oxidation sites excluding steroid dienone is 1. The first-order valence-corrected chi connectivity index (χ1v) is 10.3. The van der Waals surface area contributed by atoms with Gasteiger partial charge in [-0.1, -0.05) is 18.2 Å². The molecule has 0 saturated carbocycles. The Morgan fingerprint density at radius 2 is 1.88 bits per heavy atom. The zero-order valence-corrected chi connectivity index (χ0v) is 18.1. The maximum atomic E-state index is 13.8. The SMILES string of the molecule is COc1ccc([C@H]2C(C#N)=C(N)Oc3cc(C)n(Cc4ccc5c(c4)OCO5)c(=O)c32)cc1. The van der Waals surface area contributed by atoms with Crippen LogP contribution in [0, 0.1) is 18.3 Å². The van der Waals surface area contributed by atoms with Crippen LogP contribution < -0.4 is 30.2 Å². The summed E-state index contributed by atoms with van der Waals surface area (Å²) in [7, 11) is 1.58. The summed E-state index contributed by atoms with van der Waals surface area (Å²) in [4.78, 5) is 13.8. The van der Waals surface area contributed by atoms with E-state index in [1.54, 1.807) is 29.9 Å². The largest absolute Gasteiger partial charge is 0.497 e. The molecule has 3 aromatic rings. The number of aryl methyl sites for hydroxylation is 1. The van der Waals surface area contributed by atoms with E-state index in [1.807, 2.05) is 37.3 Å². The first kappa shape index (κ1) is 20.5. The van der Waals surface area contributed by atoms with Crippen LogP contribution in [-0.2, 0) is 6.54 Å². The lowest BCUT2D eigenvalue weighted by Crippen LogP contribution is -2.33. The summed E-state index contributed by atoms with van der Waals surface area (Å²) in [6.45, 7) is 2.34. The lowest BCUT2D eigenvalue weighted by molar-refractivity contribution is 0.174. The normalized spacial score (nSPS) is 16.1. The highest BCUT2D eigenvalue weighted by Crippen LogP contribution is 2.41. The van der Waals surface area contributed by atoms with Crippen molar-refractivity contribution in [3.8, 4) is 29.1 Å². The van der Waals surface area contributed by atoms with E-state index in [-0.39, 0.29) is 23.8 Å². The van der Waals surface area contributed by atoms with E-state index in [0.29, 0.717) is 40.8 Å². The highest BCUT2D eigenvalue weighted by Gasteiger charge is 2.34. The van der Waals surface area contributed by atoms with Crippen molar-refractivity contribution >= 4 is 0 Å². The van der Waals surface area contributed by atoms with Gasteiger partial charge < -0.3 is 29.2 Å². The Balaban J connectivity index is 1.63. The molecule has 33 heavy (non-hydrogen) atoms. The van der Waals surface area contributed by atoms with Gasteiger partial charge in [0.2, 0.25) is 12.7 Å². The summed E-state index contributed by atoms with van der Waals surface area (Å²) >= 11 is 0. The summed E-state index contributed by atoms with van der Waals surface area (Å²) in [6, 6.07) is 16.7. The van der Waals surface area contributed by atoms with Crippen LogP contribution in [0.1, 0.15) is 28.3 Å². The number of fused-ring (bicyclic) bond motifs is 2. The maximum absolute atomic E-state index is 13.8. The van der Waals surface area contributed by atoms with E-state index in [1.165, 1.54) is 0 Å². The van der Waals surface area contributed by atoms with Crippen molar-refractivity contribution in [2.75, 3.05) is 13.9 Å². The van der Waals surface area contributed by atoms with Gasteiger partial charge in [0.1, 0.15) is 23.1 Å². The predicted octanol–water partition coefficient (Wildman–Crippen LogP) is 3.16. The number of hydrogen-bond acceptors (Lipinski definition) is 7. The zero-order chi connectivity index (χ0) is 23.1. The third-order valence-corrected chi connectivity index (χ3v) is 5.92. The summed E-state index contributed by atoms with van der Waals surface area (Å²) < 4.78 is 23.5. The van der Waals surface area contributed by atoms with Crippen molar-refractivity contribution in [3.05, 3.63) is 92.7 Å². The molecule has 8 nitrogen and oxygen atoms in total. The van der Waals surface area contributed by atoms with E-state index in [9.17, 15) is 10.1 Å². The Hall–Kier alpha value is -4.38. The second kappa shape index (κ2) is 7.95. The third kappa shape index (κ3) is 3.44. The number of nitrogens with zero attached hydrogens (tertiary/aromatic N) is 2. The third-order valence-electron chi connectivity index (χ3n) is 5.92.